The van der Waals surface area contributed by atoms with Crippen LogP contribution in [0, 0.1) is 0 Å². The summed E-state index contributed by atoms with van der Waals surface area (Å²) in [5, 5.41) is 21.6. The molecule has 2 nitrogen and oxygen atoms in total. The van der Waals surface area contributed by atoms with Gasteiger partial charge in [0.15, 0.2) is 0 Å². The Bertz CT molecular complexity index is 510. The number of benzene rings is 2. The Morgan fingerprint density at radius 3 is 1.15 bits per heavy atom. The molecule has 2 rings (SSSR count). The smallest absolute Gasteiger partial charge is 0.872 e. The van der Waals surface area contributed by atoms with E-state index < -0.39 is 0 Å². The molecular weight excluding hydrogens is 458 g/mol. The first-order valence-corrected chi connectivity index (χ1v) is 10.2. The van der Waals surface area contributed by atoms with Gasteiger partial charge in [0, 0.05) is 0 Å². The Labute approximate surface area is 206 Å². The van der Waals surface area contributed by atoms with Crippen LogP contribution in [-0.2, 0) is 12.8 Å². The maximum atomic E-state index is 10.8. The van der Waals surface area contributed by atoms with Gasteiger partial charge in [-0.3, -0.25) is 0 Å². The molecule has 0 aliphatic carbocycles. The average Bonchev–Trinajstić information content (AvgIpc) is 2.66. The first-order valence-electron chi connectivity index (χ1n) is 10.2. The van der Waals surface area contributed by atoms with E-state index in [-0.39, 0.29) is 60.4 Å². The van der Waals surface area contributed by atoms with Crippen molar-refractivity contribution in [3.05, 3.63) is 59.7 Å². The second-order valence-corrected chi connectivity index (χ2v) is 6.91. The van der Waals surface area contributed by atoms with Crippen LogP contribution in [0.1, 0.15) is 76.3 Å². The number of unbranched alkanes of at least 4 members (excludes halogenated alkanes) is 6. The van der Waals surface area contributed by atoms with Gasteiger partial charge in [-0.05, 0) is 36.8 Å². The zero-order valence-corrected chi connectivity index (χ0v) is 21.7. The van der Waals surface area contributed by atoms with Gasteiger partial charge < -0.3 is 10.2 Å². The van der Waals surface area contributed by atoms with Crippen LogP contribution < -0.4 is 10.2 Å². The fourth-order valence-corrected chi connectivity index (χ4v) is 2.82. The molecule has 0 heterocycles. The second-order valence-electron chi connectivity index (χ2n) is 6.91. The predicted octanol–water partition coefficient (Wildman–Crippen LogP) is 5.39. The molecule has 0 saturated carbocycles. The Balaban J connectivity index is 0.000000483. The average molecular weight is 492 g/mol. The van der Waals surface area contributed by atoms with Crippen molar-refractivity contribution in [1.29, 1.82) is 0 Å². The molecule has 0 radical (unpaired) electrons. The third-order valence-electron chi connectivity index (χ3n) is 4.48. The quantitative estimate of drug-likeness (QED) is 0.331. The number of hydrogen-bond acceptors (Lipinski definition) is 2. The summed E-state index contributed by atoms with van der Waals surface area (Å²) in [7, 11) is 0. The van der Waals surface area contributed by atoms with Gasteiger partial charge in [-0.1, -0.05) is 101 Å². The molecule has 2 aromatic rings. The molecule has 0 fully saturated rings. The summed E-state index contributed by atoms with van der Waals surface area (Å²) in [5.74, 6) is 0.217. The monoisotopic (exact) mass is 492 g/mol. The molecule has 2 aromatic carbocycles. The largest absolute Gasteiger partial charge is 2.00 e. The van der Waals surface area contributed by atoms with Crippen molar-refractivity contribution in [2.45, 2.75) is 78.1 Å². The molecule has 0 N–H and O–H groups in total. The molecule has 144 valence electrons. The van der Waals surface area contributed by atoms with Crippen molar-refractivity contribution in [2.24, 2.45) is 0 Å². The van der Waals surface area contributed by atoms with Crippen LogP contribution in [0.5, 0.6) is 11.5 Å². The van der Waals surface area contributed by atoms with Gasteiger partial charge >= 0.3 is 48.9 Å². The SMILES string of the molecule is CCCCCCc1ccc([O-])cc1.CCCCCCc1ccc([O-])cc1.[Ba+2]. The van der Waals surface area contributed by atoms with Crippen LogP contribution >= 0.6 is 0 Å². The molecule has 0 aliphatic rings. The zero-order chi connectivity index (χ0) is 19.0. The molecular formula is C24H34BaO2. The molecule has 0 atom stereocenters. The van der Waals surface area contributed by atoms with E-state index in [0.29, 0.717) is 0 Å². The van der Waals surface area contributed by atoms with Gasteiger partial charge in [-0.25, -0.2) is 0 Å². The van der Waals surface area contributed by atoms with Crippen molar-refractivity contribution < 1.29 is 10.2 Å². The first-order chi connectivity index (χ1) is 12.7. The standard InChI is InChI=1S/2C12H18O.Ba/c2*1-2-3-4-5-6-11-7-9-12(13)10-8-11;/h2*7-10,13H,2-6H2,1H3;/q;;+2/p-2. The molecule has 3 heteroatoms. The van der Waals surface area contributed by atoms with Crippen LogP contribution in [-0.4, -0.2) is 48.9 Å². The molecule has 27 heavy (non-hydrogen) atoms. The Hall–Kier alpha value is -0.389. The Kier molecular flexibility index (Phi) is 17.4. The molecule has 0 saturated heterocycles. The fraction of sp³-hybridized carbons (Fsp3) is 0.500. The molecule has 0 unspecified atom stereocenters. The summed E-state index contributed by atoms with van der Waals surface area (Å²) < 4.78 is 0. The van der Waals surface area contributed by atoms with Gasteiger partial charge in [0.05, 0.1) is 0 Å². The fourth-order valence-electron chi connectivity index (χ4n) is 2.82. The summed E-state index contributed by atoms with van der Waals surface area (Å²) in [5.41, 5.74) is 2.58. The number of aryl methyl sites for hydroxylation is 2. The van der Waals surface area contributed by atoms with Gasteiger partial charge in [-0.15, -0.1) is 11.5 Å². The third kappa shape index (κ3) is 14.3. The van der Waals surface area contributed by atoms with E-state index in [9.17, 15) is 10.2 Å². The van der Waals surface area contributed by atoms with E-state index in [0.717, 1.165) is 12.8 Å². The van der Waals surface area contributed by atoms with Gasteiger partial charge in [-0.2, -0.15) is 0 Å². The van der Waals surface area contributed by atoms with E-state index in [1.807, 2.05) is 24.3 Å². The summed E-state index contributed by atoms with van der Waals surface area (Å²) in [4.78, 5) is 0. The van der Waals surface area contributed by atoms with Crippen LogP contribution in [0.25, 0.3) is 0 Å². The molecule has 0 aromatic heterocycles. The van der Waals surface area contributed by atoms with Crippen molar-refractivity contribution in [3.8, 4) is 11.5 Å². The van der Waals surface area contributed by atoms with Crippen LogP contribution in [0.3, 0.4) is 0 Å². The topological polar surface area (TPSA) is 46.1 Å². The molecule has 0 amide bonds. The van der Waals surface area contributed by atoms with Gasteiger partial charge in [0.1, 0.15) is 0 Å². The molecule has 0 spiro atoms. The van der Waals surface area contributed by atoms with E-state index in [1.165, 1.54) is 62.5 Å². The molecule has 0 aliphatic heterocycles. The van der Waals surface area contributed by atoms with Crippen molar-refractivity contribution >= 4 is 48.9 Å². The summed E-state index contributed by atoms with van der Waals surface area (Å²) in [6.07, 6.45) is 12.5. The van der Waals surface area contributed by atoms with Crippen molar-refractivity contribution in [2.75, 3.05) is 0 Å². The molecule has 0 bridgehead atoms. The van der Waals surface area contributed by atoms with E-state index in [1.54, 1.807) is 24.3 Å². The van der Waals surface area contributed by atoms with E-state index >= 15 is 0 Å². The van der Waals surface area contributed by atoms with Crippen LogP contribution in [0.15, 0.2) is 48.5 Å². The number of hydrogen-bond donors (Lipinski definition) is 0. The van der Waals surface area contributed by atoms with E-state index in [4.69, 9.17) is 0 Å². The van der Waals surface area contributed by atoms with Crippen LogP contribution in [0.2, 0.25) is 0 Å². The summed E-state index contributed by atoms with van der Waals surface area (Å²) >= 11 is 0. The van der Waals surface area contributed by atoms with E-state index in [2.05, 4.69) is 13.8 Å². The zero-order valence-electron chi connectivity index (χ0n) is 17.2. The Morgan fingerprint density at radius 1 is 0.519 bits per heavy atom. The summed E-state index contributed by atoms with van der Waals surface area (Å²) in [6.45, 7) is 4.43. The van der Waals surface area contributed by atoms with Crippen molar-refractivity contribution in [3.63, 3.8) is 0 Å². The maximum Gasteiger partial charge on any atom is 2.00 e. The minimum Gasteiger partial charge on any atom is -0.872 e. The normalized spacial score (nSPS) is 9.85. The third-order valence-corrected chi connectivity index (χ3v) is 4.48. The van der Waals surface area contributed by atoms with Crippen LogP contribution in [0.4, 0.5) is 0 Å². The number of rotatable bonds is 10. The second kappa shape index (κ2) is 17.7. The first kappa shape index (κ1) is 26.6. The minimum atomic E-state index is 0. The summed E-state index contributed by atoms with van der Waals surface area (Å²) in [6, 6.07) is 14.3. The van der Waals surface area contributed by atoms with Crippen molar-refractivity contribution in [1.82, 2.24) is 0 Å². The predicted molar refractivity (Wildman–Crippen MR) is 113 cm³/mol. The Morgan fingerprint density at radius 2 is 0.852 bits per heavy atom. The maximum absolute atomic E-state index is 10.8. The van der Waals surface area contributed by atoms with Gasteiger partial charge in [0.25, 0.3) is 0 Å². The minimum absolute atomic E-state index is 0. The van der Waals surface area contributed by atoms with Gasteiger partial charge in [0.2, 0.25) is 0 Å².